The smallest absolute Gasteiger partial charge is 0.220 e. The number of thioether (sulfide) groups is 1. The van der Waals surface area contributed by atoms with Gasteiger partial charge in [-0.05, 0) is 6.42 Å². The molecule has 6 nitrogen and oxygen atoms in total. The Labute approximate surface area is 123 Å². The molecule has 1 rings (SSSR count). The van der Waals surface area contributed by atoms with Crippen molar-refractivity contribution >= 4 is 16.9 Å². The lowest BCUT2D eigenvalue weighted by atomic mass is 10.1. The standard InChI is InChI=1S/C13H24O6S/c1-2-3-4-5-6-7-20-13(18)10(16)11-8(14)9(15)12(17)19-11/h8-12,14-17H,2-7H2,1H3/t8-,9-,10+,11-,12-/m1/s1. The van der Waals surface area contributed by atoms with Gasteiger partial charge in [-0.3, -0.25) is 4.79 Å². The van der Waals surface area contributed by atoms with Crippen LogP contribution in [0.25, 0.3) is 0 Å². The molecule has 1 saturated heterocycles. The molecule has 7 heteroatoms. The highest BCUT2D eigenvalue weighted by molar-refractivity contribution is 8.13. The largest absolute Gasteiger partial charge is 0.387 e. The van der Waals surface area contributed by atoms with Crippen molar-refractivity contribution < 1.29 is 30.0 Å². The summed E-state index contributed by atoms with van der Waals surface area (Å²) < 4.78 is 4.80. The Morgan fingerprint density at radius 3 is 2.35 bits per heavy atom. The van der Waals surface area contributed by atoms with Gasteiger partial charge < -0.3 is 25.2 Å². The van der Waals surface area contributed by atoms with Crippen molar-refractivity contribution in [1.29, 1.82) is 0 Å². The van der Waals surface area contributed by atoms with E-state index in [1.807, 2.05) is 0 Å². The van der Waals surface area contributed by atoms with Gasteiger partial charge in [-0.25, -0.2) is 0 Å². The van der Waals surface area contributed by atoms with Crippen LogP contribution >= 0.6 is 11.8 Å². The highest BCUT2D eigenvalue weighted by Crippen LogP contribution is 2.25. The average Bonchev–Trinajstić information content (AvgIpc) is 2.69. The van der Waals surface area contributed by atoms with Crippen molar-refractivity contribution in [2.75, 3.05) is 5.75 Å². The number of unbranched alkanes of at least 4 members (excludes halogenated alkanes) is 4. The van der Waals surface area contributed by atoms with Crippen LogP contribution in [0.15, 0.2) is 0 Å². The van der Waals surface area contributed by atoms with Crippen LogP contribution in [0.3, 0.4) is 0 Å². The molecular formula is C13H24O6S. The van der Waals surface area contributed by atoms with Gasteiger partial charge >= 0.3 is 0 Å². The van der Waals surface area contributed by atoms with Gasteiger partial charge in [0.2, 0.25) is 5.12 Å². The molecule has 20 heavy (non-hydrogen) atoms. The number of carbonyl (C=O) groups excluding carboxylic acids is 1. The Morgan fingerprint density at radius 2 is 1.80 bits per heavy atom. The first-order chi connectivity index (χ1) is 9.49. The summed E-state index contributed by atoms with van der Waals surface area (Å²) in [5.41, 5.74) is 0. The summed E-state index contributed by atoms with van der Waals surface area (Å²) in [6, 6.07) is 0. The number of carbonyl (C=O) groups is 1. The molecule has 0 saturated carbocycles. The van der Waals surface area contributed by atoms with E-state index in [-0.39, 0.29) is 0 Å². The fraction of sp³-hybridized carbons (Fsp3) is 0.923. The number of rotatable bonds is 8. The molecule has 0 aromatic rings. The van der Waals surface area contributed by atoms with Gasteiger partial charge in [0.05, 0.1) is 0 Å². The van der Waals surface area contributed by atoms with Gasteiger partial charge in [0.1, 0.15) is 18.3 Å². The van der Waals surface area contributed by atoms with E-state index in [9.17, 15) is 25.2 Å². The van der Waals surface area contributed by atoms with Crippen LogP contribution in [0.2, 0.25) is 0 Å². The third-order valence-electron chi connectivity index (χ3n) is 3.32. The van der Waals surface area contributed by atoms with Gasteiger partial charge in [-0.15, -0.1) is 0 Å². The molecule has 5 atom stereocenters. The molecule has 4 N–H and O–H groups in total. The van der Waals surface area contributed by atoms with Crippen LogP contribution in [0, 0.1) is 0 Å². The topological polar surface area (TPSA) is 107 Å². The molecule has 0 spiro atoms. The maximum atomic E-state index is 11.7. The van der Waals surface area contributed by atoms with E-state index < -0.39 is 35.8 Å². The Hall–Kier alpha value is -0.180. The number of hydrogen-bond acceptors (Lipinski definition) is 7. The molecule has 118 valence electrons. The SMILES string of the molecule is CCCCCCCSC(=O)[C@@H](O)[C@@H]1O[C@@H](O)[C@H](O)[C@H]1O. The fourth-order valence-electron chi connectivity index (χ4n) is 2.04. The third kappa shape index (κ3) is 4.98. The minimum Gasteiger partial charge on any atom is -0.387 e. The Kier molecular flexibility index (Phi) is 8.01. The van der Waals surface area contributed by atoms with Crippen LogP contribution in [0.4, 0.5) is 0 Å². The second-order valence-corrected chi connectivity index (χ2v) is 6.10. The summed E-state index contributed by atoms with van der Waals surface area (Å²) >= 11 is 0.991. The number of ether oxygens (including phenoxy) is 1. The highest BCUT2D eigenvalue weighted by Gasteiger charge is 2.47. The van der Waals surface area contributed by atoms with Crippen molar-refractivity contribution in [3.05, 3.63) is 0 Å². The molecule has 1 aliphatic rings. The van der Waals surface area contributed by atoms with Gasteiger partial charge in [-0.2, -0.15) is 0 Å². The van der Waals surface area contributed by atoms with Crippen molar-refractivity contribution in [3.8, 4) is 0 Å². The van der Waals surface area contributed by atoms with E-state index >= 15 is 0 Å². The zero-order valence-corrected chi connectivity index (χ0v) is 12.5. The molecule has 0 aliphatic carbocycles. The maximum Gasteiger partial charge on any atom is 0.220 e. The highest BCUT2D eigenvalue weighted by atomic mass is 32.2. The number of aliphatic hydroxyl groups excluding tert-OH is 4. The summed E-state index contributed by atoms with van der Waals surface area (Å²) in [6.07, 6.45) is -1.95. The van der Waals surface area contributed by atoms with Crippen molar-refractivity contribution in [1.82, 2.24) is 0 Å². The lowest BCUT2D eigenvalue weighted by molar-refractivity contribution is -0.152. The predicted octanol–water partition coefficient (Wildman–Crippen LogP) is 0.0165. The van der Waals surface area contributed by atoms with E-state index in [1.165, 1.54) is 6.42 Å². The van der Waals surface area contributed by atoms with Crippen LogP contribution in [-0.2, 0) is 9.53 Å². The molecule has 1 heterocycles. The fourth-order valence-corrected chi connectivity index (χ4v) is 2.90. The van der Waals surface area contributed by atoms with Crippen LogP contribution in [-0.4, -0.2) is 62.0 Å². The first kappa shape index (κ1) is 17.9. The lowest BCUT2D eigenvalue weighted by Gasteiger charge is -2.19. The zero-order valence-electron chi connectivity index (χ0n) is 11.6. The van der Waals surface area contributed by atoms with E-state index in [2.05, 4.69) is 6.92 Å². The van der Waals surface area contributed by atoms with Crippen LogP contribution < -0.4 is 0 Å². The predicted molar refractivity (Wildman–Crippen MR) is 75.1 cm³/mol. The molecule has 0 radical (unpaired) electrons. The van der Waals surface area contributed by atoms with E-state index in [1.54, 1.807) is 0 Å². The van der Waals surface area contributed by atoms with Gasteiger partial charge in [0.25, 0.3) is 0 Å². The van der Waals surface area contributed by atoms with E-state index in [0.717, 1.165) is 37.4 Å². The zero-order chi connectivity index (χ0) is 15.1. The molecule has 0 amide bonds. The van der Waals surface area contributed by atoms with E-state index in [0.29, 0.717) is 5.75 Å². The van der Waals surface area contributed by atoms with Crippen molar-refractivity contribution in [3.63, 3.8) is 0 Å². The Bertz CT molecular complexity index is 301. The average molecular weight is 308 g/mol. The summed E-state index contributed by atoms with van der Waals surface area (Å²) in [7, 11) is 0. The normalized spacial score (nSPS) is 31.4. The minimum atomic E-state index is -1.57. The molecule has 1 fully saturated rings. The maximum absolute atomic E-state index is 11.7. The second kappa shape index (κ2) is 8.96. The molecular weight excluding hydrogens is 284 g/mol. The number of aliphatic hydroxyl groups is 4. The summed E-state index contributed by atoms with van der Waals surface area (Å²) in [5, 5.41) is 37.4. The van der Waals surface area contributed by atoms with Crippen molar-refractivity contribution in [2.24, 2.45) is 0 Å². The van der Waals surface area contributed by atoms with Gasteiger partial charge in [0, 0.05) is 5.75 Å². The second-order valence-electron chi connectivity index (χ2n) is 5.00. The quantitative estimate of drug-likeness (QED) is 0.468. The molecule has 0 bridgehead atoms. The molecule has 0 aromatic carbocycles. The summed E-state index contributed by atoms with van der Waals surface area (Å²) in [4.78, 5) is 11.7. The summed E-state index contributed by atoms with van der Waals surface area (Å²) in [6.45, 7) is 2.13. The third-order valence-corrected chi connectivity index (χ3v) is 4.34. The molecule has 0 aromatic heterocycles. The number of hydrogen-bond donors (Lipinski definition) is 4. The minimum absolute atomic E-state index is 0.508. The summed E-state index contributed by atoms with van der Waals surface area (Å²) in [5.74, 6) is 0.605. The van der Waals surface area contributed by atoms with Crippen LogP contribution in [0.1, 0.15) is 39.0 Å². The monoisotopic (exact) mass is 308 g/mol. The van der Waals surface area contributed by atoms with Crippen molar-refractivity contribution in [2.45, 2.75) is 69.7 Å². The Morgan fingerprint density at radius 1 is 1.15 bits per heavy atom. The van der Waals surface area contributed by atoms with Crippen LogP contribution in [0.5, 0.6) is 0 Å². The lowest BCUT2D eigenvalue weighted by Crippen LogP contribution is -2.42. The molecule has 1 aliphatic heterocycles. The first-order valence-electron chi connectivity index (χ1n) is 7.03. The molecule has 0 unspecified atom stereocenters. The first-order valence-corrected chi connectivity index (χ1v) is 8.02. The van der Waals surface area contributed by atoms with Gasteiger partial charge in [-0.1, -0.05) is 44.4 Å². The van der Waals surface area contributed by atoms with E-state index in [4.69, 9.17) is 4.74 Å². The van der Waals surface area contributed by atoms with Gasteiger partial charge in [0.15, 0.2) is 12.4 Å². The Balaban J connectivity index is 2.26.